The first-order valence-corrected chi connectivity index (χ1v) is 4.39. The Morgan fingerprint density at radius 3 is 2.46 bits per heavy atom. The molecule has 0 radical (unpaired) electrons. The van der Waals surface area contributed by atoms with Gasteiger partial charge in [0, 0.05) is 0 Å². The van der Waals surface area contributed by atoms with E-state index in [2.05, 4.69) is 11.9 Å². The molecular weight excluding hydrogens is 170 g/mol. The van der Waals surface area contributed by atoms with Crippen molar-refractivity contribution in [3.05, 3.63) is 0 Å². The Labute approximate surface area is 77.8 Å². The summed E-state index contributed by atoms with van der Waals surface area (Å²) in [5.41, 5.74) is 10.2. The highest BCUT2D eigenvalue weighted by atomic mass is 16.4. The van der Waals surface area contributed by atoms with Crippen LogP contribution in [-0.4, -0.2) is 23.1 Å². The normalized spacial score (nSPS) is 12.1. The number of hydrogen-bond acceptors (Lipinski definition) is 2. The SMILES string of the molecule is CCCCCC(N=C(N)N)C(=O)O. The van der Waals surface area contributed by atoms with Gasteiger partial charge in [-0.1, -0.05) is 26.2 Å². The molecule has 0 aliphatic carbocycles. The summed E-state index contributed by atoms with van der Waals surface area (Å²) in [4.78, 5) is 14.2. The van der Waals surface area contributed by atoms with Crippen molar-refractivity contribution in [3.8, 4) is 0 Å². The molecule has 0 aromatic carbocycles. The number of guanidine groups is 1. The average molecular weight is 187 g/mol. The van der Waals surface area contributed by atoms with E-state index in [0.29, 0.717) is 6.42 Å². The summed E-state index contributed by atoms with van der Waals surface area (Å²) in [6, 6.07) is -0.781. The fourth-order valence-corrected chi connectivity index (χ4v) is 1.01. The van der Waals surface area contributed by atoms with Crippen molar-refractivity contribution in [3.63, 3.8) is 0 Å². The topological polar surface area (TPSA) is 102 Å². The molecule has 5 N–H and O–H groups in total. The number of aliphatic carboxylic acids is 1. The molecule has 1 unspecified atom stereocenters. The van der Waals surface area contributed by atoms with E-state index in [1.165, 1.54) is 0 Å². The van der Waals surface area contributed by atoms with Gasteiger partial charge >= 0.3 is 5.97 Å². The number of aliphatic imine (C=N–C) groups is 1. The number of nitrogens with zero attached hydrogens (tertiary/aromatic N) is 1. The zero-order chi connectivity index (χ0) is 10.3. The minimum Gasteiger partial charge on any atom is -0.480 e. The molecule has 0 fully saturated rings. The van der Waals surface area contributed by atoms with Gasteiger partial charge in [-0.3, -0.25) is 0 Å². The Balaban J connectivity index is 3.96. The third kappa shape index (κ3) is 5.95. The van der Waals surface area contributed by atoms with Crippen LogP contribution in [-0.2, 0) is 4.79 Å². The van der Waals surface area contributed by atoms with Gasteiger partial charge in [-0.25, -0.2) is 9.79 Å². The van der Waals surface area contributed by atoms with Gasteiger partial charge in [-0.05, 0) is 6.42 Å². The molecule has 0 saturated heterocycles. The van der Waals surface area contributed by atoms with Gasteiger partial charge in [-0.2, -0.15) is 0 Å². The lowest BCUT2D eigenvalue weighted by Crippen LogP contribution is -2.28. The lowest BCUT2D eigenvalue weighted by molar-refractivity contribution is -0.138. The maximum atomic E-state index is 10.6. The number of unbranched alkanes of at least 4 members (excludes halogenated alkanes) is 2. The van der Waals surface area contributed by atoms with Gasteiger partial charge < -0.3 is 16.6 Å². The van der Waals surface area contributed by atoms with Crippen molar-refractivity contribution < 1.29 is 9.90 Å². The second-order valence-electron chi connectivity index (χ2n) is 2.90. The Morgan fingerprint density at radius 2 is 2.08 bits per heavy atom. The quantitative estimate of drug-likeness (QED) is 0.316. The molecule has 5 heteroatoms. The van der Waals surface area contributed by atoms with Crippen LogP contribution < -0.4 is 11.5 Å². The third-order valence-corrected chi connectivity index (χ3v) is 1.67. The van der Waals surface area contributed by atoms with Gasteiger partial charge in [-0.15, -0.1) is 0 Å². The van der Waals surface area contributed by atoms with E-state index in [9.17, 15) is 4.79 Å². The zero-order valence-electron chi connectivity index (χ0n) is 7.86. The van der Waals surface area contributed by atoms with Crippen LogP contribution in [0.2, 0.25) is 0 Å². The molecule has 0 amide bonds. The van der Waals surface area contributed by atoms with Gasteiger partial charge in [0.15, 0.2) is 12.0 Å². The number of rotatable bonds is 6. The van der Waals surface area contributed by atoms with Crippen molar-refractivity contribution in [1.29, 1.82) is 0 Å². The predicted molar refractivity (Wildman–Crippen MR) is 51.4 cm³/mol. The maximum Gasteiger partial charge on any atom is 0.328 e. The summed E-state index contributed by atoms with van der Waals surface area (Å²) in [6.45, 7) is 2.05. The largest absolute Gasteiger partial charge is 0.480 e. The van der Waals surface area contributed by atoms with Crippen LogP contribution in [0.15, 0.2) is 4.99 Å². The fraction of sp³-hybridized carbons (Fsp3) is 0.750. The van der Waals surface area contributed by atoms with Crippen LogP contribution in [0.1, 0.15) is 32.6 Å². The van der Waals surface area contributed by atoms with Crippen LogP contribution in [0.4, 0.5) is 0 Å². The standard InChI is InChI=1S/C8H17N3O2/c1-2-3-4-5-6(7(12)13)11-8(9)10/h6H,2-5H2,1H3,(H,12,13)(H4,9,10,11). The summed E-state index contributed by atoms with van der Waals surface area (Å²) in [5.74, 6) is -1.13. The molecule has 0 aromatic rings. The Morgan fingerprint density at radius 1 is 1.46 bits per heavy atom. The first-order valence-electron chi connectivity index (χ1n) is 4.39. The lowest BCUT2D eigenvalue weighted by atomic mass is 10.1. The maximum absolute atomic E-state index is 10.6. The minimum atomic E-state index is -0.968. The molecule has 0 heterocycles. The van der Waals surface area contributed by atoms with Gasteiger partial charge in [0.2, 0.25) is 0 Å². The summed E-state index contributed by atoms with van der Waals surface area (Å²) >= 11 is 0. The molecular formula is C8H17N3O2. The zero-order valence-corrected chi connectivity index (χ0v) is 7.86. The van der Waals surface area contributed by atoms with Crippen LogP contribution in [0.5, 0.6) is 0 Å². The van der Waals surface area contributed by atoms with E-state index in [4.69, 9.17) is 16.6 Å². The number of nitrogens with two attached hydrogens (primary N) is 2. The van der Waals surface area contributed by atoms with Crippen molar-refractivity contribution >= 4 is 11.9 Å². The molecule has 13 heavy (non-hydrogen) atoms. The molecule has 76 valence electrons. The Bertz CT molecular complexity index is 188. The lowest BCUT2D eigenvalue weighted by Gasteiger charge is -2.06. The van der Waals surface area contributed by atoms with Crippen molar-refractivity contribution in [2.75, 3.05) is 0 Å². The van der Waals surface area contributed by atoms with E-state index in [1.807, 2.05) is 0 Å². The highest BCUT2D eigenvalue weighted by Crippen LogP contribution is 2.06. The first-order chi connectivity index (χ1) is 6.07. The van der Waals surface area contributed by atoms with Gasteiger partial charge in [0.05, 0.1) is 0 Å². The highest BCUT2D eigenvalue weighted by molar-refractivity contribution is 5.81. The molecule has 0 saturated carbocycles. The molecule has 0 aliphatic heterocycles. The third-order valence-electron chi connectivity index (χ3n) is 1.67. The smallest absolute Gasteiger partial charge is 0.328 e. The second kappa shape index (κ2) is 6.28. The summed E-state index contributed by atoms with van der Waals surface area (Å²) in [5, 5.41) is 8.70. The van der Waals surface area contributed by atoms with Crippen LogP contribution >= 0.6 is 0 Å². The van der Waals surface area contributed by atoms with Gasteiger partial charge in [0.1, 0.15) is 0 Å². The average Bonchev–Trinajstić information content (AvgIpc) is 2.02. The van der Waals surface area contributed by atoms with E-state index >= 15 is 0 Å². The monoisotopic (exact) mass is 187 g/mol. The van der Waals surface area contributed by atoms with E-state index in [-0.39, 0.29) is 5.96 Å². The molecule has 0 aliphatic rings. The van der Waals surface area contributed by atoms with E-state index in [1.54, 1.807) is 0 Å². The van der Waals surface area contributed by atoms with E-state index < -0.39 is 12.0 Å². The number of carboxylic acids is 1. The Kier molecular flexibility index (Phi) is 5.67. The molecule has 1 atom stereocenters. The Hall–Kier alpha value is -1.26. The van der Waals surface area contributed by atoms with Crippen LogP contribution in [0.3, 0.4) is 0 Å². The number of carbonyl (C=O) groups is 1. The van der Waals surface area contributed by atoms with Crippen molar-refractivity contribution in [2.24, 2.45) is 16.5 Å². The number of hydrogen-bond donors (Lipinski definition) is 3. The van der Waals surface area contributed by atoms with Crippen LogP contribution in [0.25, 0.3) is 0 Å². The molecule has 0 bridgehead atoms. The summed E-state index contributed by atoms with van der Waals surface area (Å²) in [6.07, 6.45) is 3.39. The minimum absolute atomic E-state index is 0.163. The predicted octanol–water partition coefficient (Wildman–Crippen LogP) is 0.293. The second-order valence-corrected chi connectivity index (χ2v) is 2.90. The first kappa shape index (κ1) is 11.7. The van der Waals surface area contributed by atoms with E-state index in [0.717, 1.165) is 19.3 Å². The summed E-state index contributed by atoms with van der Waals surface area (Å²) < 4.78 is 0. The van der Waals surface area contributed by atoms with Crippen molar-refractivity contribution in [2.45, 2.75) is 38.6 Å². The molecule has 0 rings (SSSR count). The number of carboxylic acid groups (broad SMARTS) is 1. The van der Waals surface area contributed by atoms with Gasteiger partial charge in [0.25, 0.3) is 0 Å². The molecule has 0 aromatic heterocycles. The molecule has 5 nitrogen and oxygen atoms in total. The summed E-state index contributed by atoms with van der Waals surface area (Å²) in [7, 11) is 0. The highest BCUT2D eigenvalue weighted by Gasteiger charge is 2.15. The van der Waals surface area contributed by atoms with Crippen molar-refractivity contribution in [1.82, 2.24) is 0 Å². The van der Waals surface area contributed by atoms with Crippen LogP contribution in [0, 0.1) is 0 Å². The fourth-order valence-electron chi connectivity index (χ4n) is 1.01. The molecule has 0 spiro atoms.